The monoisotopic (exact) mass is 327 g/mol. The molecular weight excluding hydrogens is 306 g/mol. The van der Waals surface area contributed by atoms with Gasteiger partial charge >= 0.3 is 0 Å². The summed E-state index contributed by atoms with van der Waals surface area (Å²) in [4.78, 5) is 40.4. The Kier molecular flexibility index (Phi) is 4.64. The molecule has 1 aromatic carbocycles. The first-order valence-corrected chi connectivity index (χ1v) is 8.22. The third-order valence-corrected chi connectivity index (χ3v) is 4.31. The van der Waals surface area contributed by atoms with E-state index in [-0.39, 0.29) is 23.3 Å². The highest BCUT2D eigenvalue weighted by Crippen LogP contribution is 2.15. The van der Waals surface area contributed by atoms with Crippen LogP contribution in [0.3, 0.4) is 0 Å². The molecule has 0 radical (unpaired) electrons. The number of para-hydroxylation sites is 1. The quantitative estimate of drug-likeness (QED) is 0.873. The van der Waals surface area contributed by atoms with Gasteiger partial charge in [0.05, 0.1) is 5.56 Å². The number of aromatic amines is 1. The van der Waals surface area contributed by atoms with Gasteiger partial charge in [-0.2, -0.15) is 0 Å². The van der Waals surface area contributed by atoms with Gasteiger partial charge in [0.15, 0.2) is 0 Å². The number of pyridine rings is 1. The van der Waals surface area contributed by atoms with Crippen molar-refractivity contribution in [3.8, 4) is 0 Å². The number of nitrogens with one attached hydrogen (secondary N) is 2. The molecule has 1 aliphatic rings. The lowest BCUT2D eigenvalue weighted by molar-refractivity contribution is -0.128. The van der Waals surface area contributed by atoms with Crippen LogP contribution in [0.15, 0.2) is 35.1 Å². The number of aromatic nitrogens is 1. The van der Waals surface area contributed by atoms with E-state index in [2.05, 4.69) is 10.3 Å². The molecule has 3 rings (SSSR count). The number of H-pyrrole nitrogens is 1. The summed E-state index contributed by atoms with van der Waals surface area (Å²) >= 11 is 0. The van der Waals surface area contributed by atoms with Gasteiger partial charge in [-0.15, -0.1) is 0 Å². The zero-order valence-electron chi connectivity index (χ0n) is 13.7. The second-order valence-corrected chi connectivity index (χ2v) is 6.35. The van der Waals surface area contributed by atoms with Gasteiger partial charge in [0.2, 0.25) is 11.5 Å². The van der Waals surface area contributed by atoms with E-state index in [4.69, 9.17) is 0 Å². The van der Waals surface area contributed by atoms with Gasteiger partial charge in [0, 0.05) is 43.0 Å². The number of carbonyl (C=O) groups is 2. The minimum Gasteiger partial charge on any atom is -0.352 e. The van der Waals surface area contributed by atoms with E-state index in [1.807, 2.05) is 30.0 Å². The Morgan fingerprint density at radius 1 is 1.33 bits per heavy atom. The predicted octanol–water partition coefficient (Wildman–Crippen LogP) is 1.52. The summed E-state index contributed by atoms with van der Waals surface area (Å²) in [5, 5.41) is 3.60. The molecule has 6 heteroatoms. The molecule has 2 aromatic rings. The highest BCUT2D eigenvalue weighted by molar-refractivity contribution is 6.05. The Labute approximate surface area is 139 Å². The third-order valence-electron chi connectivity index (χ3n) is 4.31. The van der Waals surface area contributed by atoms with Crippen molar-refractivity contribution in [1.82, 2.24) is 15.2 Å². The van der Waals surface area contributed by atoms with E-state index in [0.717, 1.165) is 18.4 Å². The molecule has 0 saturated carbocycles. The van der Waals surface area contributed by atoms with Crippen molar-refractivity contribution < 1.29 is 9.59 Å². The van der Waals surface area contributed by atoms with Crippen molar-refractivity contribution in [2.45, 2.75) is 19.8 Å². The Hall–Kier alpha value is -2.63. The zero-order chi connectivity index (χ0) is 17.1. The second-order valence-electron chi connectivity index (χ2n) is 6.35. The average Bonchev–Trinajstić information content (AvgIpc) is 2.96. The van der Waals surface area contributed by atoms with E-state index in [1.165, 1.54) is 6.07 Å². The van der Waals surface area contributed by atoms with Crippen molar-refractivity contribution in [2.75, 3.05) is 19.6 Å². The molecule has 1 aliphatic heterocycles. The van der Waals surface area contributed by atoms with Crippen molar-refractivity contribution in [3.63, 3.8) is 0 Å². The smallest absolute Gasteiger partial charge is 0.252 e. The van der Waals surface area contributed by atoms with Gasteiger partial charge in [-0.25, -0.2) is 0 Å². The molecule has 6 nitrogen and oxygen atoms in total. The maximum atomic E-state index is 12.5. The normalized spacial score (nSPS) is 15.7. The lowest BCUT2D eigenvalue weighted by atomic mass is 10.1. The van der Waals surface area contributed by atoms with Crippen molar-refractivity contribution >= 4 is 22.7 Å². The molecule has 1 fully saturated rings. The van der Waals surface area contributed by atoms with Crippen LogP contribution in [-0.2, 0) is 4.79 Å². The van der Waals surface area contributed by atoms with E-state index in [1.54, 1.807) is 6.07 Å². The fourth-order valence-electron chi connectivity index (χ4n) is 3.09. The number of nitrogens with zero attached hydrogens (tertiary/aromatic N) is 1. The lowest BCUT2D eigenvalue weighted by Gasteiger charge is -2.21. The molecule has 2 heterocycles. The number of fused-ring (bicyclic) bond motifs is 1. The predicted molar refractivity (Wildman–Crippen MR) is 91.9 cm³/mol. The highest BCUT2D eigenvalue weighted by Gasteiger charge is 2.22. The Bertz CT molecular complexity index is 828. The number of benzene rings is 1. The minimum atomic E-state index is -0.297. The van der Waals surface area contributed by atoms with Gasteiger partial charge in [-0.1, -0.05) is 25.1 Å². The van der Waals surface area contributed by atoms with Crippen LogP contribution in [-0.4, -0.2) is 41.3 Å². The molecule has 1 saturated heterocycles. The summed E-state index contributed by atoms with van der Waals surface area (Å²) in [6, 6.07) is 8.56. The first-order valence-electron chi connectivity index (χ1n) is 8.22. The third kappa shape index (κ3) is 3.48. The maximum absolute atomic E-state index is 12.5. The molecule has 0 aliphatic carbocycles. The van der Waals surface area contributed by atoms with Crippen LogP contribution in [0, 0.1) is 5.92 Å². The molecule has 24 heavy (non-hydrogen) atoms. The standard InChI is InChI=1S/C18H21N3O3/c1-12(11-21-8-4-7-17(21)23)10-19-18(24)14-9-16(22)20-15-6-3-2-5-13(14)15/h2-3,5-6,9,12H,4,7-8,10-11H2,1H3,(H,19,24)(H,20,22)/t12-/m1/s1. The molecule has 1 atom stereocenters. The molecule has 2 amide bonds. The molecular formula is C18H21N3O3. The SMILES string of the molecule is C[C@H](CNC(=O)c1cc(=O)[nH]c2ccccc12)CN1CCCC1=O. The molecule has 0 bridgehead atoms. The molecule has 0 spiro atoms. The average molecular weight is 327 g/mol. The summed E-state index contributed by atoms with van der Waals surface area (Å²) in [5.41, 5.74) is 0.722. The minimum absolute atomic E-state index is 0.157. The van der Waals surface area contributed by atoms with Gasteiger partial charge in [-0.3, -0.25) is 14.4 Å². The van der Waals surface area contributed by atoms with Gasteiger partial charge in [0.1, 0.15) is 0 Å². The topological polar surface area (TPSA) is 82.3 Å². The first kappa shape index (κ1) is 16.2. The van der Waals surface area contributed by atoms with Gasteiger partial charge < -0.3 is 15.2 Å². The van der Waals surface area contributed by atoms with Gasteiger partial charge in [0.25, 0.3) is 5.91 Å². The number of carbonyl (C=O) groups excluding carboxylic acids is 2. The maximum Gasteiger partial charge on any atom is 0.252 e. The summed E-state index contributed by atoms with van der Waals surface area (Å²) in [7, 11) is 0. The molecule has 1 aromatic heterocycles. The zero-order valence-corrected chi connectivity index (χ0v) is 13.7. The summed E-state index contributed by atoms with van der Waals surface area (Å²) in [5.74, 6) is 0.0786. The van der Waals surface area contributed by atoms with Crippen LogP contribution in [0.2, 0.25) is 0 Å². The van der Waals surface area contributed by atoms with Crippen LogP contribution in [0.1, 0.15) is 30.1 Å². The molecule has 0 unspecified atom stereocenters. The molecule has 2 N–H and O–H groups in total. The number of likely N-dealkylation sites (tertiary alicyclic amines) is 1. The van der Waals surface area contributed by atoms with Gasteiger partial charge in [-0.05, 0) is 18.4 Å². The van der Waals surface area contributed by atoms with Crippen molar-refractivity contribution in [1.29, 1.82) is 0 Å². The number of amides is 2. The molecule has 126 valence electrons. The fourth-order valence-corrected chi connectivity index (χ4v) is 3.09. The van der Waals surface area contributed by atoms with Crippen LogP contribution in [0.4, 0.5) is 0 Å². The van der Waals surface area contributed by atoms with Crippen molar-refractivity contribution in [3.05, 3.63) is 46.2 Å². The summed E-state index contributed by atoms with van der Waals surface area (Å²) in [6.07, 6.45) is 1.54. The van der Waals surface area contributed by atoms with Crippen LogP contribution in [0.25, 0.3) is 10.9 Å². The Balaban J connectivity index is 1.67. The van der Waals surface area contributed by atoms with E-state index in [0.29, 0.717) is 30.6 Å². The van der Waals surface area contributed by atoms with Crippen LogP contribution < -0.4 is 10.9 Å². The summed E-state index contributed by atoms with van der Waals surface area (Å²) in [6.45, 7) is 3.91. The number of hydrogen-bond acceptors (Lipinski definition) is 3. The van der Waals surface area contributed by atoms with E-state index in [9.17, 15) is 14.4 Å². The summed E-state index contributed by atoms with van der Waals surface area (Å²) < 4.78 is 0. The van der Waals surface area contributed by atoms with Crippen LogP contribution >= 0.6 is 0 Å². The highest BCUT2D eigenvalue weighted by atomic mass is 16.2. The number of rotatable bonds is 5. The largest absolute Gasteiger partial charge is 0.352 e. The Morgan fingerprint density at radius 3 is 2.88 bits per heavy atom. The second kappa shape index (κ2) is 6.86. The van der Waals surface area contributed by atoms with Crippen LogP contribution in [0.5, 0.6) is 0 Å². The first-order chi connectivity index (χ1) is 11.5. The van der Waals surface area contributed by atoms with E-state index >= 15 is 0 Å². The fraction of sp³-hybridized carbons (Fsp3) is 0.389. The van der Waals surface area contributed by atoms with Crippen molar-refractivity contribution in [2.24, 2.45) is 5.92 Å². The lowest BCUT2D eigenvalue weighted by Crippen LogP contribution is -2.36. The van der Waals surface area contributed by atoms with E-state index < -0.39 is 0 Å². The Morgan fingerprint density at radius 2 is 2.12 bits per heavy atom. The number of hydrogen-bond donors (Lipinski definition) is 2.